The molecule has 0 heterocycles. The molecule has 0 fully saturated rings. The normalized spacial score (nSPS) is 11.3. The number of rotatable bonds is 6. The molecule has 1 aromatic rings. The number of nitrogens with two attached hydrogens (primary N) is 1. The lowest BCUT2D eigenvalue weighted by Crippen LogP contribution is -2.25. The molecule has 0 spiro atoms. The molecule has 0 aromatic heterocycles. The van der Waals surface area contributed by atoms with Crippen molar-refractivity contribution in [1.29, 1.82) is 0 Å². The molecule has 0 aliphatic carbocycles. The summed E-state index contributed by atoms with van der Waals surface area (Å²) in [4.78, 5) is 10.9. The average molecular weight is 276 g/mol. The highest BCUT2D eigenvalue weighted by molar-refractivity contribution is 5.85. The minimum absolute atomic E-state index is 0. The molecule has 102 valence electrons. The van der Waals surface area contributed by atoms with E-state index in [0.29, 0.717) is 17.9 Å². The Kier molecular flexibility index (Phi) is 7.16. The van der Waals surface area contributed by atoms with Gasteiger partial charge in [-0.15, -0.1) is 12.4 Å². The first-order valence-corrected chi connectivity index (χ1v) is 5.26. The monoisotopic (exact) mass is 275 g/mol. The minimum atomic E-state index is -0.905. The van der Waals surface area contributed by atoms with Crippen LogP contribution in [0, 0.1) is 5.92 Å². The Labute approximate surface area is 112 Å². The molecule has 0 aliphatic heterocycles. The highest BCUT2D eigenvalue weighted by Crippen LogP contribution is 2.32. The van der Waals surface area contributed by atoms with Gasteiger partial charge in [0.15, 0.2) is 11.5 Å². The van der Waals surface area contributed by atoms with Gasteiger partial charge in [0.05, 0.1) is 20.1 Å². The van der Waals surface area contributed by atoms with Gasteiger partial charge in [0.2, 0.25) is 0 Å². The lowest BCUT2D eigenvalue weighted by molar-refractivity contribution is -0.141. The SMILES string of the molecule is COc1cccc(C[C@H](CN)C(=O)O)c1OC.Cl. The van der Waals surface area contributed by atoms with Crippen molar-refractivity contribution >= 4 is 18.4 Å². The van der Waals surface area contributed by atoms with Crippen LogP contribution in [0.3, 0.4) is 0 Å². The molecule has 1 aromatic carbocycles. The number of ether oxygens (including phenoxy) is 2. The molecule has 5 nitrogen and oxygen atoms in total. The van der Waals surface area contributed by atoms with Crippen LogP contribution in [0.1, 0.15) is 5.56 Å². The highest BCUT2D eigenvalue weighted by atomic mass is 35.5. The second-order valence-electron chi connectivity index (χ2n) is 3.63. The third-order valence-corrected chi connectivity index (χ3v) is 2.58. The molecule has 0 bridgehead atoms. The number of carboxylic acid groups (broad SMARTS) is 1. The largest absolute Gasteiger partial charge is 0.493 e. The van der Waals surface area contributed by atoms with Crippen LogP contribution in [0.5, 0.6) is 11.5 Å². The maximum absolute atomic E-state index is 10.9. The molecular formula is C12H18ClNO4. The van der Waals surface area contributed by atoms with Crippen molar-refractivity contribution in [3.05, 3.63) is 23.8 Å². The number of methoxy groups -OCH3 is 2. The van der Waals surface area contributed by atoms with Gasteiger partial charge in [0, 0.05) is 6.54 Å². The van der Waals surface area contributed by atoms with E-state index in [4.69, 9.17) is 20.3 Å². The third-order valence-electron chi connectivity index (χ3n) is 2.58. The summed E-state index contributed by atoms with van der Waals surface area (Å²) in [5.41, 5.74) is 6.21. The summed E-state index contributed by atoms with van der Waals surface area (Å²) in [5, 5.41) is 8.97. The van der Waals surface area contributed by atoms with Crippen molar-refractivity contribution in [2.75, 3.05) is 20.8 Å². The van der Waals surface area contributed by atoms with Gasteiger partial charge in [0.1, 0.15) is 0 Å². The molecule has 0 unspecified atom stereocenters. The van der Waals surface area contributed by atoms with Gasteiger partial charge in [-0.1, -0.05) is 12.1 Å². The van der Waals surface area contributed by atoms with E-state index in [1.54, 1.807) is 19.2 Å². The molecule has 0 saturated heterocycles. The molecule has 0 aliphatic rings. The molecule has 3 N–H and O–H groups in total. The van der Waals surface area contributed by atoms with Gasteiger partial charge in [-0.25, -0.2) is 0 Å². The van der Waals surface area contributed by atoms with Gasteiger partial charge in [-0.2, -0.15) is 0 Å². The molecule has 1 rings (SSSR count). The number of carboxylic acids is 1. The predicted molar refractivity (Wildman–Crippen MR) is 70.7 cm³/mol. The standard InChI is InChI=1S/C12H17NO4.ClH/c1-16-10-5-3-4-8(11(10)17-2)6-9(7-13)12(14)15;/h3-5,9H,6-7,13H2,1-2H3,(H,14,15);1H/t9-;/m1./s1. The van der Waals surface area contributed by atoms with Gasteiger partial charge in [0.25, 0.3) is 0 Å². The fourth-order valence-electron chi connectivity index (χ4n) is 1.65. The number of para-hydroxylation sites is 1. The van der Waals surface area contributed by atoms with Gasteiger partial charge in [-0.05, 0) is 18.1 Å². The molecule has 0 radical (unpaired) electrons. The zero-order valence-corrected chi connectivity index (χ0v) is 11.2. The van der Waals surface area contributed by atoms with E-state index >= 15 is 0 Å². The quantitative estimate of drug-likeness (QED) is 0.818. The van der Waals surface area contributed by atoms with Gasteiger partial charge >= 0.3 is 5.97 Å². The third kappa shape index (κ3) is 3.78. The first kappa shape index (κ1) is 16.5. The number of hydrogen-bond donors (Lipinski definition) is 2. The fraction of sp³-hybridized carbons (Fsp3) is 0.417. The molecular weight excluding hydrogens is 258 g/mol. The minimum Gasteiger partial charge on any atom is -0.493 e. The number of halogens is 1. The lowest BCUT2D eigenvalue weighted by atomic mass is 9.98. The second kappa shape index (κ2) is 7.79. The number of carbonyl (C=O) groups is 1. The van der Waals surface area contributed by atoms with Crippen LogP contribution in [0.2, 0.25) is 0 Å². The molecule has 0 amide bonds. The van der Waals surface area contributed by atoms with Gasteiger partial charge in [-0.3, -0.25) is 4.79 Å². The Hall–Kier alpha value is -1.46. The lowest BCUT2D eigenvalue weighted by Gasteiger charge is -2.15. The Balaban J connectivity index is 0.00000289. The first-order valence-electron chi connectivity index (χ1n) is 5.26. The first-order chi connectivity index (χ1) is 8.13. The van der Waals surface area contributed by atoms with Crippen molar-refractivity contribution in [1.82, 2.24) is 0 Å². The Morgan fingerprint density at radius 3 is 2.50 bits per heavy atom. The Bertz CT molecular complexity index is 398. The van der Waals surface area contributed by atoms with E-state index in [1.807, 2.05) is 6.07 Å². The van der Waals surface area contributed by atoms with Crippen molar-refractivity contribution in [2.24, 2.45) is 11.7 Å². The van der Waals surface area contributed by atoms with Crippen LogP contribution >= 0.6 is 12.4 Å². The van der Waals surface area contributed by atoms with Crippen LogP contribution in [-0.4, -0.2) is 31.8 Å². The number of benzene rings is 1. The zero-order chi connectivity index (χ0) is 12.8. The van der Waals surface area contributed by atoms with Crippen LogP contribution in [0.15, 0.2) is 18.2 Å². The summed E-state index contributed by atoms with van der Waals surface area (Å²) in [7, 11) is 3.07. The summed E-state index contributed by atoms with van der Waals surface area (Å²) in [5.74, 6) is -0.366. The van der Waals surface area contributed by atoms with E-state index in [9.17, 15) is 4.79 Å². The van der Waals surface area contributed by atoms with Crippen LogP contribution < -0.4 is 15.2 Å². The second-order valence-corrected chi connectivity index (χ2v) is 3.63. The van der Waals surface area contributed by atoms with E-state index in [2.05, 4.69) is 0 Å². The molecule has 6 heteroatoms. The fourth-order valence-corrected chi connectivity index (χ4v) is 1.65. The summed E-state index contributed by atoms with van der Waals surface area (Å²) >= 11 is 0. The summed E-state index contributed by atoms with van der Waals surface area (Å²) < 4.78 is 10.4. The predicted octanol–water partition coefficient (Wildman–Crippen LogP) is 1.33. The van der Waals surface area contributed by atoms with E-state index in [-0.39, 0.29) is 19.0 Å². The van der Waals surface area contributed by atoms with E-state index < -0.39 is 11.9 Å². The number of aliphatic carboxylic acids is 1. The van der Waals surface area contributed by atoms with Crippen molar-refractivity contribution < 1.29 is 19.4 Å². The van der Waals surface area contributed by atoms with Crippen LogP contribution in [0.4, 0.5) is 0 Å². The number of hydrogen-bond acceptors (Lipinski definition) is 4. The maximum Gasteiger partial charge on any atom is 0.308 e. The van der Waals surface area contributed by atoms with E-state index in [1.165, 1.54) is 7.11 Å². The summed E-state index contributed by atoms with van der Waals surface area (Å²) in [6.07, 6.45) is 0.326. The summed E-state index contributed by atoms with van der Waals surface area (Å²) in [6, 6.07) is 5.37. The highest BCUT2D eigenvalue weighted by Gasteiger charge is 2.19. The molecule has 0 saturated carbocycles. The topological polar surface area (TPSA) is 81.8 Å². The Morgan fingerprint density at radius 2 is 2.06 bits per heavy atom. The summed E-state index contributed by atoms with van der Waals surface area (Å²) in [6.45, 7) is 0.0930. The van der Waals surface area contributed by atoms with Crippen LogP contribution in [0.25, 0.3) is 0 Å². The maximum atomic E-state index is 10.9. The van der Waals surface area contributed by atoms with Crippen molar-refractivity contribution in [2.45, 2.75) is 6.42 Å². The van der Waals surface area contributed by atoms with Crippen LogP contribution in [-0.2, 0) is 11.2 Å². The zero-order valence-electron chi connectivity index (χ0n) is 10.4. The molecule has 1 atom stereocenters. The van der Waals surface area contributed by atoms with Crippen molar-refractivity contribution in [3.63, 3.8) is 0 Å². The Morgan fingerprint density at radius 1 is 1.39 bits per heavy atom. The smallest absolute Gasteiger partial charge is 0.308 e. The van der Waals surface area contributed by atoms with Gasteiger partial charge < -0.3 is 20.3 Å². The molecule has 18 heavy (non-hydrogen) atoms. The average Bonchev–Trinajstić information content (AvgIpc) is 2.34. The van der Waals surface area contributed by atoms with Crippen molar-refractivity contribution in [3.8, 4) is 11.5 Å². The van der Waals surface area contributed by atoms with E-state index in [0.717, 1.165) is 5.56 Å².